The number of nitrogens with one attached hydrogen (secondary N) is 1. The first kappa shape index (κ1) is 26.7. The van der Waals surface area contributed by atoms with E-state index in [1.807, 2.05) is 28.1 Å². The number of halogens is 4. The Morgan fingerprint density at radius 1 is 1.18 bits per heavy atom. The highest BCUT2D eigenvalue weighted by Gasteiger charge is 2.32. The normalized spacial score (nSPS) is 16.5. The Morgan fingerprint density at radius 3 is 2.68 bits per heavy atom. The van der Waals surface area contributed by atoms with Crippen molar-refractivity contribution in [3.05, 3.63) is 82.2 Å². The topological polar surface area (TPSA) is 69.0 Å². The largest absolute Gasteiger partial charge is 0.416 e. The molecular formula is C26H22ClF3N4O2S2. The molecule has 1 aliphatic heterocycles. The zero-order chi connectivity index (χ0) is 26.7. The first-order chi connectivity index (χ1) is 18.3. The van der Waals surface area contributed by atoms with Crippen LogP contribution in [0.4, 0.5) is 18.9 Å². The van der Waals surface area contributed by atoms with Crippen LogP contribution in [0.3, 0.4) is 0 Å². The van der Waals surface area contributed by atoms with E-state index in [2.05, 4.69) is 15.5 Å². The number of amides is 1. The molecule has 0 bridgehead atoms. The van der Waals surface area contributed by atoms with E-state index < -0.39 is 22.9 Å². The summed E-state index contributed by atoms with van der Waals surface area (Å²) in [4.78, 5) is 14.5. The Kier molecular flexibility index (Phi) is 8.08. The molecule has 5 rings (SSSR count). The van der Waals surface area contributed by atoms with Crippen molar-refractivity contribution in [2.75, 3.05) is 11.9 Å². The van der Waals surface area contributed by atoms with Gasteiger partial charge in [0.05, 0.1) is 33.8 Å². The average Bonchev–Trinajstić information content (AvgIpc) is 3.67. The van der Waals surface area contributed by atoms with E-state index in [0.717, 1.165) is 35.9 Å². The molecule has 1 amide bonds. The van der Waals surface area contributed by atoms with Gasteiger partial charge < -0.3 is 10.1 Å². The molecule has 198 valence electrons. The summed E-state index contributed by atoms with van der Waals surface area (Å²) >= 11 is 8.86. The van der Waals surface area contributed by atoms with Gasteiger partial charge in [-0.1, -0.05) is 59.8 Å². The van der Waals surface area contributed by atoms with Crippen LogP contribution in [-0.4, -0.2) is 33.4 Å². The molecule has 1 N–H and O–H groups in total. The summed E-state index contributed by atoms with van der Waals surface area (Å²) in [7, 11) is 0. The zero-order valence-electron chi connectivity index (χ0n) is 19.8. The van der Waals surface area contributed by atoms with Gasteiger partial charge in [0, 0.05) is 6.61 Å². The van der Waals surface area contributed by atoms with Gasteiger partial charge in [0.25, 0.3) is 0 Å². The molecule has 2 atom stereocenters. The van der Waals surface area contributed by atoms with Crippen molar-refractivity contribution in [2.24, 2.45) is 0 Å². The first-order valence-electron chi connectivity index (χ1n) is 11.8. The number of hydrogen-bond donors (Lipinski definition) is 1. The lowest BCUT2D eigenvalue weighted by molar-refractivity contribution is -0.137. The van der Waals surface area contributed by atoms with Gasteiger partial charge in [-0.15, -0.1) is 21.5 Å². The number of nitrogens with zero attached hydrogens (tertiary/aromatic N) is 3. The first-order valence-corrected chi connectivity index (χ1v) is 13.9. The van der Waals surface area contributed by atoms with Crippen LogP contribution >= 0.6 is 34.7 Å². The van der Waals surface area contributed by atoms with Crippen LogP contribution < -0.4 is 5.32 Å². The number of carbonyl (C=O) groups is 1. The molecular weight excluding hydrogens is 557 g/mol. The number of thiophene rings is 1. The van der Waals surface area contributed by atoms with Crippen LogP contribution in [0.15, 0.2) is 71.2 Å². The highest BCUT2D eigenvalue weighted by Crippen LogP contribution is 2.39. The highest BCUT2D eigenvalue weighted by molar-refractivity contribution is 8.00. The highest BCUT2D eigenvalue weighted by atomic mass is 35.5. The standard InChI is InChI=1S/C26H22ClF3N4O2S2/c27-19-11-10-17(26(28,29)30)14-20(19)31-24(35)22(16-6-2-1-3-7-16)38-25-33-32-23(21-9-5-13-37-21)34(25)15-18-8-4-12-36-18/h1-3,5-7,9-11,13-14,18,22H,4,8,12,15H2,(H,31,35). The fourth-order valence-corrected chi connectivity index (χ4v) is 6.05. The Balaban J connectivity index is 1.48. The molecule has 12 heteroatoms. The maximum atomic E-state index is 13.6. The second-order valence-corrected chi connectivity index (χ2v) is 11.0. The molecule has 4 aromatic rings. The van der Waals surface area contributed by atoms with Crippen LogP contribution in [0.2, 0.25) is 5.02 Å². The van der Waals surface area contributed by atoms with E-state index in [1.54, 1.807) is 24.3 Å². The molecule has 1 fully saturated rings. The molecule has 3 heterocycles. The smallest absolute Gasteiger partial charge is 0.376 e. The third-order valence-electron chi connectivity index (χ3n) is 5.98. The van der Waals surface area contributed by atoms with E-state index >= 15 is 0 Å². The second kappa shape index (κ2) is 11.5. The predicted octanol–water partition coefficient (Wildman–Crippen LogP) is 7.33. The number of rotatable bonds is 8. The summed E-state index contributed by atoms with van der Waals surface area (Å²) in [6.45, 7) is 1.21. The second-order valence-electron chi connectivity index (χ2n) is 8.62. The number of aromatic nitrogens is 3. The maximum absolute atomic E-state index is 13.6. The molecule has 6 nitrogen and oxygen atoms in total. The third-order valence-corrected chi connectivity index (χ3v) is 8.41. The van der Waals surface area contributed by atoms with Gasteiger partial charge in [0.15, 0.2) is 11.0 Å². The van der Waals surface area contributed by atoms with Gasteiger partial charge in [-0.25, -0.2) is 0 Å². The third kappa shape index (κ3) is 6.06. The Labute approximate surface area is 230 Å². The average molecular weight is 579 g/mol. The van der Waals surface area contributed by atoms with Gasteiger partial charge in [0.2, 0.25) is 5.91 Å². The fourth-order valence-electron chi connectivity index (χ4n) is 4.12. The Bertz CT molecular complexity index is 1390. The zero-order valence-corrected chi connectivity index (χ0v) is 22.2. The van der Waals surface area contributed by atoms with Crippen LogP contribution in [-0.2, 0) is 22.3 Å². The van der Waals surface area contributed by atoms with Crippen molar-refractivity contribution in [3.8, 4) is 10.7 Å². The van der Waals surface area contributed by atoms with Crippen LogP contribution in [0.1, 0.15) is 29.2 Å². The fraction of sp³-hybridized carbons (Fsp3) is 0.269. The van der Waals surface area contributed by atoms with Crippen LogP contribution in [0.25, 0.3) is 10.7 Å². The summed E-state index contributed by atoms with van der Waals surface area (Å²) in [5.74, 6) is 0.137. The van der Waals surface area contributed by atoms with Crippen molar-refractivity contribution >= 4 is 46.3 Å². The summed E-state index contributed by atoms with van der Waals surface area (Å²) in [6, 6.07) is 15.7. The molecule has 38 heavy (non-hydrogen) atoms. The number of anilines is 1. The van der Waals surface area contributed by atoms with Crippen molar-refractivity contribution < 1.29 is 22.7 Å². The molecule has 0 radical (unpaired) electrons. The van der Waals surface area contributed by atoms with E-state index in [0.29, 0.717) is 29.7 Å². The summed E-state index contributed by atoms with van der Waals surface area (Å²) < 4.78 is 47.7. The van der Waals surface area contributed by atoms with E-state index in [-0.39, 0.29) is 16.8 Å². The Morgan fingerprint density at radius 2 is 2.00 bits per heavy atom. The minimum absolute atomic E-state index is 0.00280. The summed E-state index contributed by atoms with van der Waals surface area (Å²) in [5, 5.41) is 13.0. The lowest BCUT2D eigenvalue weighted by atomic mass is 10.1. The van der Waals surface area contributed by atoms with Gasteiger partial charge in [0.1, 0.15) is 5.25 Å². The number of hydrogen-bond acceptors (Lipinski definition) is 6. The molecule has 1 saturated heterocycles. The SMILES string of the molecule is O=C(Nc1cc(C(F)(F)F)ccc1Cl)C(Sc1nnc(-c2cccs2)n1CC1CCCO1)c1ccccc1. The Hall–Kier alpha value is -2.86. The van der Waals surface area contributed by atoms with Crippen molar-refractivity contribution in [2.45, 2.75) is 42.1 Å². The van der Waals surface area contributed by atoms with Crippen molar-refractivity contribution in [3.63, 3.8) is 0 Å². The van der Waals surface area contributed by atoms with Crippen LogP contribution in [0, 0.1) is 0 Å². The van der Waals surface area contributed by atoms with Gasteiger partial charge in [-0.3, -0.25) is 9.36 Å². The molecule has 0 saturated carbocycles. The minimum Gasteiger partial charge on any atom is -0.376 e. The lowest BCUT2D eigenvalue weighted by Crippen LogP contribution is -2.21. The summed E-state index contributed by atoms with van der Waals surface area (Å²) in [6.07, 6.45) is -2.70. The monoisotopic (exact) mass is 578 g/mol. The van der Waals surface area contributed by atoms with E-state index in [9.17, 15) is 18.0 Å². The predicted molar refractivity (Wildman–Crippen MR) is 142 cm³/mol. The minimum atomic E-state index is -4.57. The molecule has 2 unspecified atom stereocenters. The van der Waals surface area contributed by atoms with Gasteiger partial charge in [-0.05, 0) is 48.1 Å². The molecule has 1 aliphatic rings. The van der Waals surface area contributed by atoms with Crippen molar-refractivity contribution in [1.82, 2.24) is 14.8 Å². The number of thioether (sulfide) groups is 1. The van der Waals surface area contributed by atoms with E-state index in [1.165, 1.54) is 23.1 Å². The number of carbonyl (C=O) groups excluding carboxylic acids is 1. The van der Waals surface area contributed by atoms with Crippen molar-refractivity contribution in [1.29, 1.82) is 0 Å². The van der Waals surface area contributed by atoms with E-state index in [4.69, 9.17) is 16.3 Å². The number of alkyl halides is 3. The molecule has 0 spiro atoms. The number of benzene rings is 2. The van der Waals surface area contributed by atoms with Gasteiger partial charge in [-0.2, -0.15) is 13.2 Å². The number of ether oxygens (including phenoxy) is 1. The lowest BCUT2D eigenvalue weighted by Gasteiger charge is -2.19. The maximum Gasteiger partial charge on any atom is 0.416 e. The van der Waals surface area contributed by atoms with Gasteiger partial charge >= 0.3 is 6.18 Å². The molecule has 2 aromatic heterocycles. The van der Waals surface area contributed by atoms with Crippen LogP contribution in [0.5, 0.6) is 0 Å². The summed E-state index contributed by atoms with van der Waals surface area (Å²) in [5.41, 5.74) is -0.367. The molecule has 0 aliphatic carbocycles. The quantitative estimate of drug-likeness (QED) is 0.222. The molecule has 2 aromatic carbocycles.